The van der Waals surface area contributed by atoms with E-state index in [4.69, 9.17) is 4.98 Å². The SMILES string of the molecule is O=C(NC1CCCC1)c1ccc2nc(-c3cccc(Nc4ccc(-c5cccnn5)cc4)c3)[nH]c2c1. The molecule has 0 aliphatic heterocycles. The average Bonchev–Trinajstić information content (AvgIpc) is 3.59. The van der Waals surface area contributed by atoms with E-state index in [-0.39, 0.29) is 5.91 Å². The number of nitrogens with one attached hydrogen (secondary N) is 3. The van der Waals surface area contributed by atoms with Crippen LogP contribution in [0.3, 0.4) is 0 Å². The van der Waals surface area contributed by atoms with Crippen LogP contribution < -0.4 is 10.6 Å². The molecule has 0 radical (unpaired) electrons. The molecule has 1 fully saturated rings. The van der Waals surface area contributed by atoms with E-state index in [1.54, 1.807) is 6.20 Å². The first-order valence-corrected chi connectivity index (χ1v) is 12.3. The van der Waals surface area contributed by atoms with E-state index in [0.717, 1.165) is 57.9 Å². The summed E-state index contributed by atoms with van der Waals surface area (Å²) in [6, 6.07) is 25.9. The van der Waals surface area contributed by atoms with Gasteiger partial charge in [0.1, 0.15) is 5.82 Å². The lowest BCUT2D eigenvalue weighted by Crippen LogP contribution is -2.32. The summed E-state index contributed by atoms with van der Waals surface area (Å²) >= 11 is 0. The fourth-order valence-electron chi connectivity index (χ4n) is 4.72. The van der Waals surface area contributed by atoms with Crippen LogP contribution in [0.4, 0.5) is 11.4 Å². The molecule has 178 valence electrons. The van der Waals surface area contributed by atoms with Gasteiger partial charge in [0.2, 0.25) is 0 Å². The van der Waals surface area contributed by atoms with Gasteiger partial charge in [-0.05, 0) is 67.4 Å². The van der Waals surface area contributed by atoms with E-state index in [2.05, 4.69) is 31.9 Å². The fraction of sp³-hybridized carbons (Fsp3) is 0.172. The molecule has 3 N–H and O–H groups in total. The topological polar surface area (TPSA) is 95.6 Å². The number of aromatic amines is 1. The number of amides is 1. The van der Waals surface area contributed by atoms with E-state index >= 15 is 0 Å². The number of benzene rings is 3. The van der Waals surface area contributed by atoms with Gasteiger partial charge in [0, 0.05) is 40.3 Å². The zero-order valence-corrected chi connectivity index (χ0v) is 19.7. The second-order valence-electron chi connectivity index (χ2n) is 9.16. The number of imidazole rings is 1. The molecular weight excluding hydrogens is 448 g/mol. The van der Waals surface area contributed by atoms with Crippen LogP contribution >= 0.6 is 0 Å². The van der Waals surface area contributed by atoms with E-state index in [1.807, 2.05) is 72.8 Å². The maximum atomic E-state index is 12.7. The summed E-state index contributed by atoms with van der Waals surface area (Å²) in [4.78, 5) is 20.8. The molecule has 0 atom stereocenters. The maximum Gasteiger partial charge on any atom is 0.251 e. The number of aromatic nitrogens is 4. The van der Waals surface area contributed by atoms with Gasteiger partial charge < -0.3 is 15.6 Å². The number of hydrogen-bond donors (Lipinski definition) is 3. The number of carbonyl (C=O) groups is 1. The van der Waals surface area contributed by atoms with Gasteiger partial charge in [0.05, 0.1) is 16.7 Å². The van der Waals surface area contributed by atoms with E-state index in [1.165, 1.54) is 12.8 Å². The Morgan fingerprint density at radius 2 is 1.72 bits per heavy atom. The number of fused-ring (bicyclic) bond motifs is 1. The summed E-state index contributed by atoms with van der Waals surface area (Å²) in [6.45, 7) is 0. The van der Waals surface area contributed by atoms with Crippen LogP contribution in [0.15, 0.2) is 85.1 Å². The molecule has 1 aliphatic rings. The number of rotatable bonds is 6. The van der Waals surface area contributed by atoms with Crippen molar-refractivity contribution in [2.45, 2.75) is 31.7 Å². The van der Waals surface area contributed by atoms with Gasteiger partial charge in [-0.3, -0.25) is 4.79 Å². The van der Waals surface area contributed by atoms with Crippen LogP contribution in [0.5, 0.6) is 0 Å². The highest BCUT2D eigenvalue weighted by Crippen LogP contribution is 2.27. The second-order valence-corrected chi connectivity index (χ2v) is 9.16. The Morgan fingerprint density at radius 1 is 0.861 bits per heavy atom. The monoisotopic (exact) mass is 474 g/mol. The summed E-state index contributed by atoms with van der Waals surface area (Å²) in [5.41, 5.74) is 7.09. The first kappa shape index (κ1) is 22.0. The predicted molar refractivity (Wildman–Crippen MR) is 142 cm³/mol. The standard InChI is InChI=1S/C29H26N6O/c36-29(32-22-6-1-2-7-22)21-12-15-26-27(18-21)34-28(33-26)20-5-3-8-24(17-20)31-23-13-10-19(11-14-23)25-9-4-16-30-35-25/h3-5,8-18,22,31H,1-2,6-7H2,(H,32,36)(H,33,34). The van der Waals surface area contributed by atoms with Crippen molar-refractivity contribution in [2.24, 2.45) is 0 Å². The van der Waals surface area contributed by atoms with Crippen molar-refractivity contribution in [2.75, 3.05) is 5.32 Å². The average molecular weight is 475 g/mol. The van der Waals surface area contributed by atoms with E-state index in [9.17, 15) is 4.79 Å². The number of carbonyl (C=O) groups excluding carboxylic acids is 1. The third-order valence-electron chi connectivity index (χ3n) is 6.61. The second kappa shape index (κ2) is 9.62. The first-order chi connectivity index (χ1) is 17.7. The molecule has 7 nitrogen and oxygen atoms in total. The van der Waals surface area contributed by atoms with Gasteiger partial charge in [-0.2, -0.15) is 10.2 Å². The molecular formula is C29H26N6O. The summed E-state index contributed by atoms with van der Waals surface area (Å²) in [6.07, 6.45) is 6.18. The Hall–Kier alpha value is -4.52. The molecule has 7 heteroatoms. The highest BCUT2D eigenvalue weighted by atomic mass is 16.1. The molecule has 5 aromatic rings. The molecule has 3 aromatic carbocycles. The summed E-state index contributed by atoms with van der Waals surface area (Å²) in [5, 5.41) is 14.7. The third kappa shape index (κ3) is 4.68. The predicted octanol–water partition coefficient (Wildman–Crippen LogP) is 6.10. The van der Waals surface area contributed by atoms with Crippen molar-refractivity contribution in [1.82, 2.24) is 25.5 Å². The minimum Gasteiger partial charge on any atom is -0.356 e. The van der Waals surface area contributed by atoms with E-state index in [0.29, 0.717) is 11.6 Å². The van der Waals surface area contributed by atoms with Gasteiger partial charge >= 0.3 is 0 Å². The number of anilines is 2. The molecule has 0 saturated heterocycles. The molecule has 0 spiro atoms. The Balaban J connectivity index is 1.19. The highest BCUT2D eigenvalue weighted by molar-refractivity contribution is 5.98. The fourth-order valence-corrected chi connectivity index (χ4v) is 4.72. The van der Waals surface area contributed by atoms with Crippen molar-refractivity contribution in [1.29, 1.82) is 0 Å². The Bertz CT molecular complexity index is 1500. The van der Waals surface area contributed by atoms with Gasteiger partial charge in [-0.15, -0.1) is 0 Å². The van der Waals surface area contributed by atoms with E-state index < -0.39 is 0 Å². The highest BCUT2D eigenvalue weighted by Gasteiger charge is 2.18. The van der Waals surface area contributed by atoms with Gasteiger partial charge in [0.15, 0.2) is 0 Å². The molecule has 1 amide bonds. The molecule has 1 aliphatic carbocycles. The van der Waals surface area contributed by atoms with Gasteiger partial charge in [-0.25, -0.2) is 4.98 Å². The summed E-state index contributed by atoms with van der Waals surface area (Å²) < 4.78 is 0. The van der Waals surface area contributed by atoms with Crippen LogP contribution in [0.1, 0.15) is 36.0 Å². The number of hydrogen-bond acceptors (Lipinski definition) is 5. The van der Waals surface area contributed by atoms with Crippen molar-refractivity contribution in [3.63, 3.8) is 0 Å². The molecule has 36 heavy (non-hydrogen) atoms. The maximum absolute atomic E-state index is 12.7. The third-order valence-corrected chi connectivity index (χ3v) is 6.61. The lowest BCUT2D eigenvalue weighted by Gasteiger charge is -2.11. The Labute approximate surface area is 209 Å². The summed E-state index contributed by atoms with van der Waals surface area (Å²) in [7, 11) is 0. The molecule has 6 rings (SSSR count). The quantitative estimate of drug-likeness (QED) is 0.276. The summed E-state index contributed by atoms with van der Waals surface area (Å²) in [5.74, 6) is 0.747. The van der Waals surface area contributed by atoms with Gasteiger partial charge in [0.25, 0.3) is 5.91 Å². The molecule has 0 bridgehead atoms. The van der Waals surface area contributed by atoms with Gasteiger partial charge in [-0.1, -0.05) is 37.1 Å². The van der Waals surface area contributed by atoms with Crippen molar-refractivity contribution in [3.05, 3.63) is 90.6 Å². The van der Waals surface area contributed by atoms with Crippen LogP contribution in [0.25, 0.3) is 33.7 Å². The molecule has 2 heterocycles. The first-order valence-electron chi connectivity index (χ1n) is 12.3. The Morgan fingerprint density at radius 3 is 2.53 bits per heavy atom. The lowest BCUT2D eigenvalue weighted by atomic mass is 10.1. The largest absolute Gasteiger partial charge is 0.356 e. The minimum atomic E-state index is -0.0172. The smallest absolute Gasteiger partial charge is 0.251 e. The molecule has 0 unspecified atom stereocenters. The minimum absolute atomic E-state index is 0.0172. The van der Waals surface area contributed by atoms with Crippen molar-refractivity contribution < 1.29 is 4.79 Å². The lowest BCUT2D eigenvalue weighted by molar-refractivity contribution is 0.0938. The number of nitrogens with zero attached hydrogens (tertiary/aromatic N) is 3. The number of H-pyrrole nitrogens is 1. The van der Waals surface area contributed by atoms with Crippen molar-refractivity contribution >= 4 is 28.3 Å². The normalized spacial score (nSPS) is 13.7. The van der Waals surface area contributed by atoms with Crippen LogP contribution in [0.2, 0.25) is 0 Å². The zero-order chi connectivity index (χ0) is 24.3. The zero-order valence-electron chi connectivity index (χ0n) is 19.7. The molecule has 2 aromatic heterocycles. The van der Waals surface area contributed by atoms with Crippen LogP contribution in [0, 0.1) is 0 Å². The van der Waals surface area contributed by atoms with Crippen molar-refractivity contribution in [3.8, 4) is 22.6 Å². The van der Waals surface area contributed by atoms with Crippen LogP contribution in [-0.2, 0) is 0 Å². The molecule has 1 saturated carbocycles. The van der Waals surface area contributed by atoms with Crippen LogP contribution in [-0.4, -0.2) is 32.1 Å². The Kier molecular flexibility index (Phi) is 5.87.